The SMILES string of the molecule is O=C1NC(=S)NC(=O)C1=Cc1cn(C(=O)c2cccc3ccccc23)c2ccccc12. The first kappa shape index (κ1) is 18.9. The first-order chi connectivity index (χ1) is 15.0. The summed E-state index contributed by atoms with van der Waals surface area (Å²) in [6.07, 6.45) is 3.12. The summed E-state index contributed by atoms with van der Waals surface area (Å²) < 4.78 is 1.55. The third-order valence-electron chi connectivity index (χ3n) is 5.22. The van der Waals surface area contributed by atoms with Crippen molar-refractivity contribution in [3.05, 3.63) is 89.6 Å². The second kappa shape index (κ2) is 7.30. The van der Waals surface area contributed by atoms with Crippen LogP contribution in [0, 0.1) is 0 Å². The van der Waals surface area contributed by atoms with Gasteiger partial charge in [-0.3, -0.25) is 29.6 Å². The molecule has 4 aromatic rings. The summed E-state index contributed by atoms with van der Waals surface area (Å²) in [5.41, 5.74) is 1.75. The van der Waals surface area contributed by atoms with Crippen LogP contribution in [0.25, 0.3) is 27.8 Å². The van der Waals surface area contributed by atoms with Crippen LogP contribution in [0.1, 0.15) is 15.9 Å². The summed E-state index contributed by atoms with van der Waals surface area (Å²) in [5.74, 6) is -1.35. The lowest BCUT2D eigenvalue weighted by molar-refractivity contribution is -0.123. The van der Waals surface area contributed by atoms with Gasteiger partial charge in [0.1, 0.15) is 5.57 Å². The van der Waals surface area contributed by atoms with Crippen molar-refractivity contribution >= 4 is 62.8 Å². The van der Waals surface area contributed by atoms with Crippen molar-refractivity contribution in [1.82, 2.24) is 15.2 Å². The molecule has 6 nitrogen and oxygen atoms in total. The van der Waals surface area contributed by atoms with Gasteiger partial charge in [0.2, 0.25) is 0 Å². The zero-order valence-electron chi connectivity index (χ0n) is 16.1. The molecule has 1 fully saturated rings. The van der Waals surface area contributed by atoms with Crippen LogP contribution in [0.2, 0.25) is 0 Å². The van der Waals surface area contributed by atoms with E-state index in [0.717, 1.165) is 16.2 Å². The predicted molar refractivity (Wildman–Crippen MR) is 122 cm³/mol. The smallest absolute Gasteiger partial charge is 0.263 e. The van der Waals surface area contributed by atoms with Crippen LogP contribution >= 0.6 is 12.2 Å². The number of fused-ring (bicyclic) bond motifs is 2. The Hall–Kier alpha value is -4.10. The number of carbonyl (C=O) groups excluding carboxylic acids is 3. The number of amides is 2. The van der Waals surface area contributed by atoms with Crippen molar-refractivity contribution < 1.29 is 14.4 Å². The number of hydrogen-bond donors (Lipinski definition) is 2. The molecule has 0 atom stereocenters. The fourth-order valence-corrected chi connectivity index (χ4v) is 3.98. The van der Waals surface area contributed by atoms with Gasteiger partial charge in [0.25, 0.3) is 17.7 Å². The van der Waals surface area contributed by atoms with E-state index in [-0.39, 0.29) is 16.6 Å². The fourth-order valence-electron chi connectivity index (χ4n) is 3.79. The third-order valence-corrected chi connectivity index (χ3v) is 5.43. The van der Waals surface area contributed by atoms with Gasteiger partial charge in [-0.05, 0) is 41.2 Å². The summed E-state index contributed by atoms with van der Waals surface area (Å²) >= 11 is 4.85. The maximum Gasteiger partial charge on any atom is 0.263 e. The molecule has 1 aromatic heterocycles. The molecule has 7 heteroatoms. The maximum absolute atomic E-state index is 13.5. The molecule has 31 heavy (non-hydrogen) atoms. The molecular weight excluding hydrogens is 410 g/mol. The van der Waals surface area contributed by atoms with Crippen LogP contribution in [0.15, 0.2) is 78.5 Å². The molecule has 1 saturated heterocycles. The molecule has 0 radical (unpaired) electrons. The summed E-state index contributed by atoms with van der Waals surface area (Å²) in [7, 11) is 0. The highest BCUT2D eigenvalue weighted by Gasteiger charge is 2.26. The van der Waals surface area contributed by atoms with E-state index in [2.05, 4.69) is 10.6 Å². The first-order valence-electron chi connectivity index (χ1n) is 9.54. The molecule has 5 rings (SSSR count). The lowest BCUT2D eigenvalue weighted by atomic mass is 10.0. The fraction of sp³-hybridized carbons (Fsp3) is 0. The number of aromatic nitrogens is 1. The number of nitrogens with one attached hydrogen (secondary N) is 2. The lowest BCUT2D eigenvalue weighted by Gasteiger charge is -2.16. The maximum atomic E-state index is 13.5. The minimum atomic E-state index is -0.578. The Morgan fingerprint density at radius 2 is 1.48 bits per heavy atom. The second-order valence-electron chi connectivity index (χ2n) is 7.10. The topological polar surface area (TPSA) is 80.2 Å². The van der Waals surface area contributed by atoms with E-state index < -0.39 is 11.8 Å². The van der Waals surface area contributed by atoms with Crippen molar-refractivity contribution in [1.29, 1.82) is 0 Å². The predicted octanol–water partition coefficient (Wildman–Crippen LogP) is 3.40. The number of nitrogens with zero attached hydrogens (tertiary/aromatic N) is 1. The standard InChI is InChI=1S/C24H15N3O3S/c28-21-19(22(29)26-24(31)25-21)12-15-13-27(20-11-4-3-9-17(15)20)23(30)18-10-5-7-14-6-1-2-8-16(14)18/h1-13H,(H2,25,26,28,29,31). The Bertz CT molecular complexity index is 1440. The van der Waals surface area contributed by atoms with Crippen LogP contribution in [0.5, 0.6) is 0 Å². The Morgan fingerprint density at radius 3 is 2.26 bits per heavy atom. The van der Waals surface area contributed by atoms with Crippen molar-refractivity contribution in [2.75, 3.05) is 0 Å². The average Bonchev–Trinajstić information content (AvgIpc) is 3.14. The zero-order valence-corrected chi connectivity index (χ0v) is 16.9. The summed E-state index contributed by atoms with van der Waals surface area (Å²) in [5, 5.41) is 7.39. The summed E-state index contributed by atoms with van der Waals surface area (Å²) in [6, 6.07) is 20.7. The van der Waals surface area contributed by atoms with Crippen LogP contribution in [-0.2, 0) is 9.59 Å². The van der Waals surface area contributed by atoms with E-state index in [4.69, 9.17) is 12.2 Å². The van der Waals surface area contributed by atoms with E-state index in [9.17, 15) is 14.4 Å². The normalized spacial score (nSPS) is 13.9. The van der Waals surface area contributed by atoms with Crippen LogP contribution in [-0.4, -0.2) is 27.4 Å². The minimum Gasteiger partial charge on any atom is -0.299 e. The molecule has 0 saturated carbocycles. The Morgan fingerprint density at radius 1 is 0.839 bits per heavy atom. The molecule has 0 aliphatic carbocycles. The first-order valence-corrected chi connectivity index (χ1v) is 9.94. The van der Waals surface area contributed by atoms with Crippen molar-refractivity contribution in [2.45, 2.75) is 0 Å². The highest BCUT2D eigenvalue weighted by atomic mass is 32.1. The van der Waals surface area contributed by atoms with E-state index in [0.29, 0.717) is 16.6 Å². The van der Waals surface area contributed by atoms with Gasteiger partial charge in [-0.2, -0.15) is 0 Å². The highest BCUT2D eigenvalue weighted by molar-refractivity contribution is 7.80. The minimum absolute atomic E-state index is 0.0271. The molecule has 2 heterocycles. The third kappa shape index (κ3) is 3.21. The lowest BCUT2D eigenvalue weighted by Crippen LogP contribution is -2.51. The number of thiocarbonyl (C=S) groups is 1. The van der Waals surface area contributed by atoms with Crippen LogP contribution in [0.4, 0.5) is 0 Å². The quantitative estimate of drug-likeness (QED) is 0.293. The molecule has 1 aliphatic heterocycles. The van der Waals surface area contributed by atoms with Crippen LogP contribution in [0.3, 0.4) is 0 Å². The van der Waals surface area contributed by atoms with E-state index in [1.54, 1.807) is 16.8 Å². The monoisotopic (exact) mass is 425 g/mol. The van der Waals surface area contributed by atoms with Gasteiger partial charge >= 0.3 is 0 Å². The average molecular weight is 425 g/mol. The van der Waals surface area contributed by atoms with Crippen molar-refractivity contribution in [3.63, 3.8) is 0 Å². The van der Waals surface area contributed by atoms with Crippen LogP contribution < -0.4 is 10.6 Å². The zero-order chi connectivity index (χ0) is 21.5. The molecule has 0 unspecified atom stereocenters. The molecule has 1 aliphatic rings. The van der Waals surface area contributed by atoms with E-state index in [1.807, 2.05) is 60.7 Å². The van der Waals surface area contributed by atoms with Crippen molar-refractivity contribution in [2.24, 2.45) is 0 Å². The van der Waals surface area contributed by atoms with Gasteiger partial charge in [0.15, 0.2) is 5.11 Å². The number of benzene rings is 3. The number of para-hydroxylation sites is 1. The van der Waals surface area contributed by atoms with Crippen molar-refractivity contribution in [3.8, 4) is 0 Å². The molecule has 3 aromatic carbocycles. The number of carbonyl (C=O) groups is 3. The molecule has 0 bridgehead atoms. The van der Waals surface area contributed by atoms with Gasteiger partial charge in [0, 0.05) is 22.7 Å². The molecule has 150 valence electrons. The highest BCUT2D eigenvalue weighted by Crippen LogP contribution is 2.27. The van der Waals surface area contributed by atoms with Gasteiger partial charge in [-0.15, -0.1) is 0 Å². The summed E-state index contributed by atoms with van der Waals surface area (Å²) in [4.78, 5) is 38.0. The largest absolute Gasteiger partial charge is 0.299 e. The number of rotatable bonds is 2. The second-order valence-corrected chi connectivity index (χ2v) is 7.51. The van der Waals surface area contributed by atoms with Gasteiger partial charge in [-0.1, -0.05) is 54.6 Å². The molecule has 0 spiro atoms. The van der Waals surface area contributed by atoms with E-state index in [1.165, 1.54) is 6.08 Å². The Balaban J connectivity index is 1.67. The van der Waals surface area contributed by atoms with E-state index >= 15 is 0 Å². The number of hydrogen-bond acceptors (Lipinski definition) is 4. The summed E-state index contributed by atoms with van der Waals surface area (Å²) in [6.45, 7) is 0. The Kier molecular flexibility index (Phi) is 4.45. The molecule has 2 N–H and O–H groups in total. The van der Waals surface area contributed by atoms with Gasteiger partial charge in [0.05, 0.1) is 5.52 Å². The molecule has 2 amide bonds. The van der Waals surface area contributed by atoms with Gasteiger partial charge in [-0.25, -0.2) is 0 Å². The Labute approximate surface area is 182 Å². The molecular formula is C24H15N3O3S. The van der Waals surface area contributed by atoms with Gasteiger partial charge < -0.3 is 0 Å².